The minimum Gasteiger partial charge on any atom is -0.365 e. The van der Waals surface area contributed by atoms with Gasteiger partial charge in [-0.05, 0) is 30.5 Å². The summed E-state index contributed by atoms with van der Waals surface area (Å²) in [4.78, 5) is 23.5. The van der Waals surface area contributed by atoms with E-state index < -0.39 is 0 Å². The average molecular weight is 413 g/mol. The van der Waals surface area contributed by atoms with E-state index in [0.29, 0.717) is 25.2 Å². The van der Waals surface area contributed by atoms with Crippen LogP contribution in [0.3, 0.4) is 0 Å². The van der Waals surface area contributed by atoms with Crippen LogP contribution < -0.4 is 4.90 Å². The topological polar surface area (TPSA) is 49.3 Å². The van der Waals surface area contributed by atoms with Crippen molar-refractivity contribution >= 4 is 33.1 Å². The molecular weight excluding hydrogens is 387 g/mol. The number of benzene rings is 1. The van der Waals surface area contributed by atoms with Crippen LogP contribution in [-0.2, 0) is 11.2 Å². The summed E-state index contributed by atoms with van der Waals surface area (Å²) in [6.07, 6.45) is 6.74. The predicted octanol–water partition coefficient (Wildman–Crippen LogP) is 4.28. The molecular formula is C22H25FN4OS. The third-order valence-corrected chi connectivity index (χ3v) is 6.46. The molecule has 7 heteroatoms. The highest BCUT2D eigenvalue weighted by Crippen LogP contribution is 2.27. The maximum atomic E-state index is 13.6. The van der Waals surface area contributed by atoms with Gasteiger partial charge < -0.3 is 9.80 Å². The van der Waals surface area contributed by atoms with Crippen LogP contribution in [-0.4, -0.2) is 46.5 Å². The Hall–Kier alpha value is -2.54. The Labute approximate surface area is 174 Å². The van der Waals surface area contributed by atoms with E-state index in [9.17, 15) is 9.18 Å². The highest BCUT2D eigenvalue weighted by atomic mass is 32.1. The van der Waals surface area contributed by atoms with Crippen molar-refractivity contribution in [2.45, 2.75) is 38.6 Å². The smallest absolute Gasteiger partial charge is 0.223 e. The van der Waals surface area contributed by atoms with Gasteiger partial charge in [0.2, 0.25) is 5.91 Å². The highest BCUT2D eigenvalue weighted by Gasteiger charge is 2.35. The number of aromatic nitrogens is 2. The zero-order chi connectivity index (χ0) is 20.2. The van der Waals surface area contributed by atoms with Crippen LogP contribution in [0.4, 0.5) is 10.1 Å². The van der Waals surface area contributed by atoms with Gasteiger partial charge >= 0.3 is 0 Å². The van der Waals surface area contributed by atoms with Gasteiger partial charge in [-0.25, -0.2) is 9.37 Å². The summed E-state index contributed by atoms with van der Waals surface area (Å²) in [5, 5.41) is 0. The van der Waals surface area contributed by atoms with Crippen LogP contribution in [0, 0.1) is 5.82 Å². The molecule has 152 valence electrons. The standard InChI is InChI=1S/C12H14FN3O.C10H11NS/c13-10-7-14-4-3-11(10)15-5-6-16-9(8-15)1-2-12(16)17;1-2-4-8-5-3-6-9-10(8)12-7-11-9/h3-4,7,9H,1-2,5-6,8H2;3,5-7H,2,4H2,1H3. The van der Waals surface area contributed by atoms with E-state index in [0.717, 1.165) is 18.5 Å². The lowest BCUT2D eigenvalue weighted by molar-refractivity contribution is -0.129. The number of fused-ring (bicyclic) bond motifs is 2. The van der Waals surface area contributed by atoms with Gasteiger partial charge in [0.25, 0.3) is 0 Å². The number of rotatable bonds is 3. The van der Waals surface area contributed by atoms with Crippen LogP contribution >= 0.6 is 11.3 Å². The molecule has 1 atom stereocenters. The lowest BCUT2D eigenvalue weighted by Crippen LogP contribution is -2.51. The van der Waals surface area contributed by atoms with Gasteiger partial charge in [0.15, 0.2) is 5.82 Å². The highest BCUT2D eigenvalue weighted by molar-refractivity contribution is 7.16. The van der Waals surface area contributed by atoms with Crippen LogP contribution in [0.25, 0.3) is 10.2 Å². The largest absolute Gasteiger partial charge is 0.365 e. The van der Waals surface area contributed by atoms with Gasteiger partial charge in [-0.3, -0.25) is 9.78 Å². The molecule has 1 unspecified atom stereocenters. The molecule has 5 rings (SSSR count). The maximum absolute atomic E-state index is 13.6. The molecule has 2 aliphatic rings. The molecule has 2 aromatic heterocycles. The second kappa shape index (κ2) is 8.86. The number of thiazole rings is 1. The summed E-state index contributed by atoms with van der Waals surface area (Å²) in [7, 11) is 0. The molecule has 0 saturated carbocycles. The average Bonchev–Trinajstić information content (AvgIpc) is 3.36. The summed E-state index contributed by atoms with van der Waals surface area (Å²) in [6, 6.07) is 8.31. The minimum absolute atomic E-state index is 0.241. The third-order valence-electron chi connectivity index (χ3n) is 5.54. The summed E-state index contributed by atoms with van der Waals surface area (Å²) < 4.78 is 15.0. The summed E-state index contributed by atoms with van der Waals surface area (Å²) in [6.45, 7) is 4.33. The van der Waals surface area contributed by atoms with Crippen molar-refractivity contribution in [3.8, 4) is 0 Å². The molecule has 3 aromatic rings. The molecule has 0 spiro atoms. The van der Waals surface area contributed by atoms with E-state index >= 15 is 0 Å². The molecule has 2 saturated heterocycles. The molecule has 0 bridgehead atoms. The number of hydrogen-bond acceptors (Lipinski definition) is 5. The number of aryl methyl sites for hydroxylation is 1. The number of amides is 1. The Balaban J connectivity index is 0.000000150. The number of hydrogen-bond donors (Lipinski definition) is 0. The molecule has 0 aliphatic carbocycles. The minimum atomic E-state index is -0.287. The number of halogens is 1. The van der Waals surface area contributed by atoms with Crippen LogP contribution in [0.5, 0.6) is 0 Å². The Morgan fingerprint density at radius 2 is 2.17 bits per heavy atom. The third kappa shape index (κ3) is 4.24. The second-order valence-corrected chi connectivity index (χ2v) is 8.28. The maximum Gasteiger partial charge on any atom is 0.223 e. The van der Waals surface area contributed by atoms with E-state index in [2.05, 4.69) is 35.1 Å². The molecule has 4 heterocycles. The second-order valence-electron chi connectivity index (χ2n) is 7.42. The van der Waals surface area contributed by atoms with Crippen molar-refractivity contribution in [2.75, 3.05) is 24.5 Å². The van der Waals surface area contributed by atoms with E-state index in [4.69, 9.17) is 0 Å². The van der Waals surface area contributed by atoms with Crippen molar-refractivity contribution in [2.24, 2.45) is 0 Å². The predicted molar refractivity (Wildman–Crippen MR) is 115 cm³/mol. The Morgan fingerprint density at radius 3 is 3.00 bits per heavy atom. The number of piperazine rings is 1. The fraction of sp³-hybridized carbons (Fsp3) is 0.409. The first-order chi connectivity index (χ1) is 14.2. The molecule has 29 heavy (non-hydrogen) atoms. The zero-order valence-corrected chi connectivity index (χ0v) is 17.4. The lowest BCUT2D eigenvalue weighted by Gasteiger charge is -2.38. The number of carbonyl (C=O) groups is 1. The van der Waals surface area contributed by atoms with Crippen molar-refractivity contribution in [1.82, 2.24) is 14.9 Å². The molecule has 2 aliphatic heterocycles. The van der Waals surface area contributed by atoms with Crippen LogP contribution in [0.1, 0.15) is 31.7 Å². The molecule has 0 N–H and O–H groups in total. The van der Waals surface area contributed by atoms with E-state index in [1.54, 1.807) is 23.6 Å². The van der Waals surface area contributed by atoms with Gasteiger partial charge in [0.1, 0.15) is 0 Å². The number of carbonyl (C=O) groups excluding carboxylic acids is 1. The summed E-state index contributed by atoms with van der Waals surface area (Å²) in [5.74, 6) is -0.0462. The first kappa shape index (κ1) is 19.8. The number of anilines is 1. The van der Waals surface area contributed by atoms with Gasteiger partial charge in [-0.15, -0.1) is 11.3 Å². The number of nitrogens with zero attached hydrogens (tertiary/aromatic N) is 4. The van der Waals surface area contributed by atoms with E-state index in [1.165, 1.54) is 29.3 Å². The molecule has 2 fully saturated rings. The lowest BCUT2D eigenvalue weighted by atomic mass is 10.1. The molecule has 1 aromatic carbocycles. The first-order valence-corrected chi connectivity index (χ1v) is 11.0. The van der Waals surface area contributed by atoms with Crippen LogP contribution in [0.15, 0.2) is 42.2 Å². The van der Waals surface area contributed by atoms with Gasteiger partial charge in [0.05, 0.1) is 27.6 Å². The van der Waals surface area contributed by atoms with Gasteiger partial charge in [-0.2, -0.15) is 0 Å². The molecule has 1 amide bonds. The fourth-order valence-corrected chi connectivity index (χ4v) is 4.95. The van der Waals surface area contributed by atoms with Crippen molar-refractivity contribution < 1.29 is 9.18 Å². The Kier molecular flexibility index (Phi) is 6.04. The van der Waals surface area contributed by atoms with Gasteiger partial charge in [-0.1, -0.05) is 25.5 Å². The van der Waals surface area contributed by atoms with Crippen molar-refractivity contribution in [3.05, 3.63) is 53.6 Å². The summed E-state index contributed by atoms with van der Waals surface area (Å²) in [5.41, 5.74) is 5.10. The summed E-state index contributed by atoms with van der Waals surface area (Å²) >= 11 is 1.74. The quantitative estimate of drug-likeness (QED) is 0.644. The van der Waals surface area contributed by atoms with Crippen molar-refractivity contribution in [3.63, 3.8) is 0 Å². The van der Waals surface area contributed by atoms with Crippen LogP contribution in [0.2, 0.25) is 0 Å². The Morgan fingerprint density at radius 1 is 1.28 bits per heavy atom. The van der Waals surface area contributed by atoms with E-state index in [1.807, 2.05) is 15.3 Å². The Bertz CT molecular complexity index is 992. The SMILES string of the molecule is CCCc1cccc2ncsc12.O=C1CCC2CN(c3ccncc3F)CCN12. The zero-order valence-electron chi connectivity index (χ0n) is 16.6. The fourth-order valence-electron chi connectivity index (χ4n) is 4.12. The monoisotopic (exact) mass is 412 g/mol. The normalized spacial score (nSPS) is 18.6. The number of pyridine rings is 1. The molecule has 0 radical (unpaired) electrons. The van der Waals surface area contributed by atoms with Crippen molar-refractivity contribution in [1.29, 1.82) is 0 Å². The van der Waals surface area contributed by atoms with Gasteiger partial charge in [0, 0.05) is 38.3 Å². The van der Waals surface area contributed by atoms with E-state index in [-0.39, 0.29) is 17.8 Å². The molecule has 5 nitrogen and oxygen atoms in total. The first-order valence-electron chi connectivity index (χ1n) is 10.1.